The number of rotatable bonds is 3. The van der Waals surface area contributed by atoms with Crippen molar-refractivity contribution in [2.75, 3.05) is 11.6 Å². The van der Waals surface area contributed by atoms with E-state index in [1.807, 2.05) is 6.26 Å². The summed E-state index contributed by atoms with van der Waals surface area (Å²) >= 11 is 1.39. The van der Waals surface area contributed by atoms with Crippen molar-refractivity contribution in [2.24, 2.45) is 0 Å². The van der Waals surface area contributed by atoms with Crippen LogP contribution < -0.4 is 5.32 Å². The Morgan fingerprint density at radius 3 is 2.92 bits per heavy atom. The van der Waals surface area contributed by atoms with E-state index in [4.69, 9.17) is 0 Å². The van der Waals surface area contributed by atoms with Gasteiger partial charge in [0.25, 0.3) is 0 Å². The van der Waals surface area contributed by atoms with Crippen molar-refractivity contribution < 1.29 is 9.18 Å². The fourth-order valence-corrected chi connectivity index (χ4v) is 1.43. The Labute approximate surface area is 74.2 Å². The third-order valence-electron chi connectivity index (χ3n) is 1.38. The minimum absolute atomic E-state index is 0.296. The lowest BCUT2D eigenvalue weighted by Gasteiger charge is -2.04. The number of hydrogen-bond donors (Lipinski definition) is 1. The highest BCUT2D eigenvalue weighted by Crippen LogP contribution is 2.25. The van der Waals surface area contributed by atoms with Gasteiger partial charge in [-0.1, -0.05) is 0 Å². The first-order valence-electron chi connectivity index (χ1n) is 3.31. The van der Waals surface area contributed by atoms with E-state index >= 15 is 0 Å². The molecule has 0 heterocycles. The zero-order chi connectivity index (χ0) is 8.97. The Balaban J connectivity index is 3.01. The molecule has 0 unspecified atom stereocenters. The summed E-state index contributed by atoms with van der Waals surface area (Å²) in [6.07, 6.45) is 2.40. The van der Waals surface area contributed by atoms with Crippen LogP contribution in [0.15, 0.2) is 23.1 Å². The number of benzene rings is 1. The van der Waals surface area contributed by atoms with E-state index in [1.54, 1.807) is 0 Å². The molecular weight excluding hydrogens is 177 g/mol. The number of thioether (sulfide) groups is 1. The second-order valence-electron chi connectivity index (χ2n) is 2.11. The van der Waals surface area contributed by atoms with Crippen molar-refractivity contribution in [3.8, 4) is 0 Å². The van der Waals surface area contributed by atoms with Gasteiger partial charge in [0.15, 0.2) is 0 Å². The van der Waals surface area contributed by atoms with Gasteiger partial charge in [-0.3, -0.25) is 4.79 Å². The Kier molecular flexibility index (Phi) is 3.10. The number of carbonyl (C=O) groups excluding carboxylic acids is 1. The number of anilines is 1. The monoisotopic (exact) mass is 185 g/mol. The molecule has 1 aromatic carbocycles. The quantitative estimate of drug-likeness (QED) is 0.577. The first-order chi connectivity index (χ1) is 5.77. The molecule has 0 radical (unpaired) electrons. The lowest BCUT2D eigenvalue weighted by atomic mass is 10.3. The number of hydrogen-bond acceptors (Lipinski definition) is 2. The van der Waals surface area contributed by atoms with Crippen LogP contribution >= 0.6 is 11.8 Å². The highest BCUT2D eigenvalue weighted by atomic mass is 32.2. The normalized spacial score (nSPS) is 9.50. The van der Waals surface area contributed by atoms with Gasteiger partial charge in [0.2, 0.25) is 6.41 Å². The van der Waals surface area contributed by atoms with Crippen molar-refractivity contribution in [2.45, 2.75) is 4.90 Å². The van der Waals surface area contributed by atoms with Gasteiger partial charge in [0.1, 0.15) is 5.82 Å². The first-order valence-corrected chi connectivity index (χ1v) is 4.54. The molecule has 0 aliphatic heterocycles. The summed E-state index contributed by atoms with van der Waals surface area (Å²) < 4.78 is 12.6. The maximum absolute atomic E-state index is 12.6. The molecule has 0 aliphatic carbocycles. The Morgan fingerprint density at radius 2 is 2.33 bits per heavy atom. The van der Waals surface area contributed by atoms with Crippen molar-refractivity contribution >= 4 is 23.9 Å². The third-order valence-corrected chi connectivity index (χ3v) is 2.16. The zero-order valence-electron chi connectivity index (χ0n) is 6.50. The topological polar surface area (TPSA) is 29.1 Å². The second kappa shape index (κ2) is 4.11. The molecule has 1 N–H and O–H groups in total. The summed E-state index contributed by atoms with van der Waals surface area (Å²) in [5.41, 5.74) is 0.638. The predicted molar refractivity (Wildman–Crippen MR) is 47.9 cm³/mol. The molecule has 1 aromatic rings. The first kappa shape index (κ1) is 9.06. The number of halogens is 1. The molecule has 0 bridgehead atoms. The van der Waals surface area contributed by atoms with Gasteiger partial charge in [-0.05, 0) is 24.5 Å². The summed E-state index contributed by atoms with van der Waals surface area (Å²) in [4.78, 5) is 10.8. The lowest BCUT2D eigenvalue weighted by molar-refractivity contribution is -0.105. The van der Waals surface area contributed by atoms with Crippen LogP contribution in [0.5, 0.6) is 0 Å². The fraction of sp³-hybridized carbons (Fsp3) is 0.125. The minimum atomic E-state index is -0.296. The van der Waals surface area contributed by atoms with Gasteiger partial charge < -0.3 is 5.32 Å². The van der Waals surface area contributed by atoms with E-state index in [9.17, 15) is 9.18 Å². The van der Waals surface area contributed by atoms with Crippen LogP contribution in [0.4, 0.5) is 10.1 Å². The second-order valence-corrected chi connectivity index (χ2v) is 2.95. The maximum atomic E-state index is 12.6. The van der Waals surface area contributed by atoms with Crippen molar-refractivity contribution in [3.63, 3.8) is 0 Å². The van der Waals surface area contributed by atoms with Gasteiger partial charge in [-0.2, -0.15) is 0 Å². The van der Waals surface area contributed by atoms with Crippen LogP contribution in [0.1, 0.15) is 0 Å². The van der Waals surface area contributed by atoms with E-state index in [0.717, 1.165) is 4.90 Å². The molecule has 0 spiro atoms. The molecule has 0 aliphatic rings. The maximum Gasteiger partial charge on any atom is 0.211 e. The molecule has 0 saturated carbocycles. The standard InChI is InChI=1S/C8H8FNOS/c1-12-8-4-6(9)2-3-7(8)10-5-11/h2-5H,1H3,(H,10,11). The van der Waals surface area contributed by atoms with Crippen molar-refractivity contribution in [1.82, 2.24) is 0 Å². The molecular formula is C8H8FNOS. The van der Waals surface area contributed by atoms with Gasteiger partial charge in [-0.15, -0.1) is 11.8 Å². The van der Waals surface area contributed by atoms with E-state index in [0.29, 0.717) is 12.1 Å². The molecule has 2 nitrogen and oxygen atoms in total. The summed E-state index contributed by atoms with van der Waals surface area (Å²) in [6, 6.07) is 4.23. The van der Waals surface area contributed by atoms with E-state index in [1.165, 1.54) is 30.0 Å². The van der Waals surface area contributed by atoms with Crippen LogP contribution in [-0.2, 0) is 4.79 Å². The van der Waals surface area contributed by atoms with Gasteiger partial charge in [0.05, 0.1) is 5.69 Å². The van der Waals surface area contributed by atoms with Crippen LogP contribution in [-0.4, -0.2) is 12.7 Å². The smallest absolute Gasteiger partial charge is 0.211 e. The van der Waals surface area contributed by atoms with E-state index < -0.39 is 0 Å². The van der Waals surface area contributed by atoms with Gasteiger partial charge >= 0.3 is 0 Å². The van der Waals surface area contributed by atoms with Crippen LogP contribution in [0.3, 0.4) is 0 Å². The van der Waals surface area contributed by atoms with Gasteiger partial charge in [-0.25, -0.2) is 4.39 Å². The van der Waals surface area contributed by atoms with E-state index in [2.05, 4.69) is 5.32 Å². The average Bonchev–Trinajstić information content (AvgIpc) is 2.08. The molecule has 12 heavy (non-hydrogen) atoms. The molecule has 1 rings (SSSR count). The summed E-state index contributed by atoms with van der Waals surface area (Å²) in [7, 11) is 0. The van der Waals surface area contributed by atoms with Crippen molar-refractivity contribution in [1.29, 1.82) is 0 Å². The predicted octanol–water partition coefficient (Wildman–Crippen LogP) is 2.12. The van der Waals surface area contributed by atoms with Crippen LogP contribution in [0.25, 0.3) is 0 Å². The van der Waals surface area contributed by atoms with Gasteiger partial charge in [0, 0.05) is 4.90 Å². The zero-order valence-corrected chi connectivity index (χ0v) is 7.32. The third kappa shape index (κ3) is 1.98. The fourth-order valence-electron chi connectivity index (χ4n) is 0.848. The molecule has 4 heteroatoms. The molecule has 1 amide bonds. The van der Waals surface area contributed by atoms with E-state index in [-0.39, 0.29) is 5.82 Å². The molecule has 0 fully saturated rings. The minimum Gasteiger partial charge on any atom is -0.328 e. The SMILES string of the molecule is CSc1cc(F)ccc1NC=O. The summed E-state index contributed by atoms with van der Waals surface area (Å²) in [5.74, 6) is -0.296. The highest BCUT2D eigenvalue weighted by molar-refractivity contribution is 7.98. The number of carbonyl (C=O) groups is 1. The molecule has 0 atom stereocenters. The molecule has 0 saturated heterocycles. The largest absolute Gasteiger partial charge is 0.328 e. The number of amides is 1. The number of nitrogens with one attached hydrogen (secondary N) is 1. The Bertz CT molecular complexity index is 290. The summed E-state index contributed by atoms with van der Waals surface area (Å²) in [5, 5.41) is 2.49. The molecule has 64 valence electrons. The highest BCUT2D eigenvalue weighted by Gasteiger charge is 2.01. The molecule has 0 aromatic heterocycles. The van der Waals surface area contributed by atoms with Crippen molar-refractivity contribution in [3.05, 3.63) is 24.0 Å². The Hall–Kier alpha value is -1.03. The van der Waals surface area contributed by atoms with Crippen LogP contribution in [0, 0.1) is 5.82 Å². The average molecular weight is 185 g/mol. The van der Waals surface area contributed by atoms with Crippen LogP contribution in [0.2, 0.25) is 0 Å². The lowest BCUT2D eigenvalue weighted by Crippen LogP contribution is -1.95. The Morgan fingerprint density at radius 1 is 1.58 bits per heavy atom. The summed E-state index contributed by atoms with van der Waals surface area (Å²) in [6.45, 7) is 0.